The van der Waals surface area contributed by atoms with E-state index in [1.54, 1.807) is 12.4 Å². The first-order chi connectivity index (χ1) is 9.81. The van der Waals surface area contributed by atoms with Crippen molar-refractivity contribution in [1.82, 2.24) is 20.1 Å². The van der Waals surface area contributed by atoms with Gasteiger partial charge in [-0.05, 0) is 24.6 Å². The van der Waals surface area contributed by atoms with Gasteiger partial charge >= 0.3 is 0 Å². The fraction of sp³-hybridized carbons (Fsp3) is 0.286. The summed E-state index contributed by atoms with van der Waals surface area (Å²) in [5, 5.41) is 4.02. The highest BCUT2D eigenvalue weighted by Crippen LogP contribution is 2.23. The minimum absolute atomic E-state index is 0.108. The maximum absolute atomic E-state index is 5.69. The van der Waals surface area contributed by atoms with Crippen LogP contribution in [-0.2, 0) is 0 Å². The van der Waals surface area contributed by atoms with Crippen LogP contribution >= 0.6 is 0 Å². The van der Waals surface area contributed by atoms with Crippen LogP contribution < -0.4 is 5.73 Å². The fourth-order valence-electron chi connectivity index (χ4n) is 2.06. The summed E-state index contributed by atoms with van der Waals surface area (Å²) in [5.41, 5.74) is 8.20. The van der Waals surface area contributed by atoms with Crippen molar-refractivity contribution in [3.8, 4) is 11.4 Å². The first-order valence-corrected chi connectivity index (χ1v) is 6.56. The van der Waals surface area contributed by atoms with Crippen LogP contribution in [0.1, 0.15) is 25.2 Å². The van der Waals surface area contributed by atoms with Crippen LogP contribution in [0.25, 0.3) is 22.4 Å². The normalized spacial score (nSPS) is 12.7. The van der Waals surface area contributed by atoms with Gasteiger partial charge in [-0.3, -0.25) is 9.97 Å². The molecule has 0 radical (unpaired) electrons. The van der Waals surface area contributed by atoms with Crippen molar-refractivity contribution in [3.05, 3.63) is 36.5 Å². The van der Waals surface area contributed by atoms with Crippen LogP contribution in [0, 0.1) is 0 Å². The van der Waals surface area contributed by atoms with Gasteiger partial charge in [0.25, 0.3) is 0 Å². The summed E-state index contributed by atoms with van der Waals surface area (Å²) in [6.07, 6.45) is 4.21. The van der Waals surface area contributed by atoms with E-state index in [0.29, 0.717) is 18.3 Å². The second kappa shape index (κ2) is 5.34. The Kier molecular flexibility index (Phi) is 3.39. The highest BCUT2D eigenvalue weighted by atomic mass is 16.5. The van der Waals surface area contributed by atoms with Gasteiger partial charge in [-0.1, -0.05) is 12.1 Å². The zero-order valence-corrected chi connectivity index (χ0v) is 11.2. The zero-order valence-electron chi connectivity index (χ0n) is 11.2. The molecule has 0 saturated heterocycles. The second-order valence-electron chi connectivity index (χ2n) is 4.56. The van der Waals surface area contributed by atoms with E-state index in [0.717, 1.165) is 23.0 Å². The largest absolute Gasteiger partial charge is 0.339 e. The van der Waals surface area contributed by atoms with Crippen molar-refractivity contribution in [3.63, 3.8) is 0 Å². The minimum atomic E-state index is 0.108. The first kappa shape index (κ1) is 12.7. The number of fused-ring (bicyclic) bond motifs is 1. The molecule has 0 aliphatic rings. The average Bonchev–Trinajstić information content (AvgIpc) is 2.98. The molecule has 3 aromatic rings. The minimum Gasteiger partial charge on any atom is -0.339 e. The summed E-state index contributed by atoms with van der Waals surface area (Å²) in [6.45, 7) is 2.55. The molecule has 3 rings (SSSR count). The molecule has 0 amide bonds. The number of hydrogen-bond acceptors (Lipinski definition) is 6. The molecule has 20 heavy (non-hydrogen) atoms. The molecular formula is C14H15N5O. The number of aromatic nitrogens is 4. The lowest BCUT2D eigenvalue weighted by Crippen LogP contribution is -2.11. The Morgan fingerprint density at radius 1 is 1.20 bits per heavy atom. The number of nitrogens with zero attached hydrogens (tertiary/aromatic N) is 4. The Balaban J connectivity index is 1.98. The Hall–Kier alpha value is -2.34. The van der Waals surface area contributed by atoms with E-state index in [1.807, 2.05) is 25.1 Å². The molecule has 6 nitrogen and oxygen atoms in total. The Labute approximate surface area is 116 Å². The van der Waals surface area contributed by atoms with Crippen LogP contribution in [0.3, 0.4) is 0 Å². The molecule has 6 heteroatoms. The molecule has 1 atom stereocenters. The molecule has 2 N–H and O–H groups in total. The summed E-state index contributed by atoms with van der Waals surface area (Å²) >= 11 is 0. The van der Waals surface area contributed by atoms with Gasteiger partial charge in [0, 0.05) is 24.5 Å². The highest BCUT2D eigenvalue weighted by Gasteiger charge is 2.16. The van der Waals surface area contributed by atoms with Gasteiger partial charge < -0.3 is 10.3 Å². The molecular weight excluding hydrogens is 254 g/mol. The quantitative estimate of drug-likeness (QED) is 0.780. The van der Waals surface area contributed by atoms with E-state index < -0.39 is 0 Å². The Bertz CT molecular complexity index is 720. The van der Waals surface area contributed by atoms with Crippen LogP contribution in [0.2, 0.25) is 0 Å². The van der Waals surface area contributed by atoms with Crippen molar-refractivity contribution in [2.24, 2.45) is 5.73 Å². The number of rotatable bonds is 4. The third-order valence-corrected chi connectivity index (χ3v) is 3.30. The van der Waals surface area contributed by atoms with Gasteiger partial charge in [-0.15, -0.1) is 0 Å². The van der Waals surface area contributed by atoms with E-state index in [1.165, 1.54) is 0 Å². The molecule has 0 aliphatic heterocycles. The van der Waals surface area contributed by atoms with Gasteiger partial charge in [0.2, 0.25) is 11.7 Å². The van der Waals surface area contributed by atoms with Crippen LogP contribution in [-0.4, -0.2) is 26.7 Å². The predicted molar refractivity (Wildman–Crippen MR) is 74.9 cm³/mol. The number of hydrogen-bond donors (Lipinski definition) is 1. The van der Waals surface area contributed by atoms with Crippen molar-refractivity contribution in [2.45, 2.75) is 19.3 Å². The van der Waals surface area contributed by atoms with Gasteiger partial charge in [0.05, 0.1) is 17.0 Å². The third kappa shape index (κ3) is 2.25. The summed E-state index contributed by atoms with van der Waals surface area (Å²) in [7, 11) is 0. The number of nitrogens with two attached hydrogens (primary N) is 1. The molecule has 0 fully saturated rings. The average molecular weight is 269 g/mol. The van der Waals surface area contributed by atoms with E-state index in [4.69, 9.17) is 10.3 Å². The maximum atomic E-state index is 5.69. The molecule has 102 valence electrons. The van der Waals surface area contributed by atoms with Crippen LogP contribution in [0.5, 0.6) is 0 Å². The van der Waals surface area contributed by atoms with Gasteiger partial charge in [-0.2, -0.15) is 4.98 Å². The summed E-state index contributed by atoms with van der Waals surface area (Å²) in [6, 6.07) is 5.71. The lowest BCUT2D eigenvalue weighted by atomic mass is 10.1. The molecule has 1 unspecified atom stereocenters. The van der Waals surface area contributed by atoms with E-state index in [-0.39, 0.29) is 5.92 Å². The summed E-state index contributed by atoms with van der Waals surface area (Å²) in [4.78, 5) is 12.9. The van der Waals surface area contributed by atoms with Gasteiger partial charge in [0.1, 0.15) is 0 Å². The molecule has 1 aromatic carbocycles. The lowest BCUT2D eigenvalue weighted by molar-refractivity contribution is 0.351. The topological polar surface area (TPSA) is 90.7 Å². The number of benzene rings is 1. The summed E-state index contributed by atoms with van der Waals surface area (Å²) in [5.74, 6) is 1.25. The molecule has 0 spiro atoms. The summed E-state index contributed by atoms with van der Waals surface area (Å²) < 4.78 is 5.30. The molecule has 0 saturated carbocycles. The molecule has 0 aliphatic carbocycles. The highest BCUT2D eigenvalue weighted by molar-refractivity contribution is 5.79. The van der Waals surface area contributed by atoms with Gasteiger partial charge in [-0.25, -0.2) is 0 Å². The first-order valence-electron chi connectivity index (χ1n) is 6.56. The van der Waals surface area contributed by atoms with E-state index >= 15 is 0 Å². The van der Waals surface area contributed by atoms with Crippen molar-refractivity contribution in [1.29, 1.82) is 0 Å². The lowest BCUT2D eigenvalue weighted by Gasteiger charge is -2.04. The molecule has 2 aromatic heterocycles. The van der Waals surface area contributed by atoms with E-state index in [9.17, 15) is 0 Å². The van der Waals surface area contributed by atoms with Crippen molar-refractivity contribution >= 4 is 11.0 Å². The van der Waals surface area contributed by atoms with Crippen LogP contribution in [0.15, 0.2) is 35.1 Å². The monoisotopic (exact) mass is 269 g/mol. The Morgan fingerprint density at radius 2 is 2.00 bits per heavy atom. The smallest absolute Gasteiger partial charge is 0.231 e. The van der Waals surface area contributed by atoms with Gasteiger partial charge in [0.15, 0.2) is 0 Å². The standard InChI is InChI=1S/C14H15N5O/c1-2-9(8-15)14-18-13(19-20-14)10-3-4-11-12(7-10)17-6-5-16-11/h3-7,9H,2,8,15H2,1H3. The predicted octanol–water partition coefficient (Wildman–Crippen LogP) is 2.13. The Morgan fingerprint density at radius 3 is 2.75 bits per heavy atom. The molecule has 0 bridgehead atoms. The molecule has 2 heterocycles. The van der Waals surface area contributed by atoms with Crippen molar-refractivity contribution < 1.29 is 4.52 Å². The fourth-order valence-corrected chi connectivity index (χ4v) is 2.06. The SMILES string of the molecule is CCC(CN)c1nc(-c2ccc3nccnc3c2)no1. The zero-order chi connectivity index (χ0) is 13.9. The van der Waals surface area contributed by atoms with Crippen LogP contribution in [0.4, 0.5) is 0 Å². The maximum Gasteiger partial charge on any atom is 0.231 e. The van der Waals surface area contributed by atoms with Crippen molar-refractivity contribution in [2.75, 3.05) is 6.54 Å². The van der Waals surface area contributed by atoms with E-state index in [2.05, 4.69) is 20.1 Å². The second-order valence-corrected chi connectivity index (χ2v) is 4.56. The third-order valence-electron chi connectivity index (χ3n) is 3.30.